The van der Waals surface area contributed by atoms with Crippen molar-refractivity contribution in [3.8, 4) is 5.75 Å². The Labute approximate surface area is 127 Å². The van der Waals surface area contributed by atoms with Crippen molar-refractivity contribution in [1.82, 2.24) is 0 Å². The van der Waals surface area contributed by atoms with Crippen LogP contribution in [-0.4, -0.2) is 0 Å². The Balaban J connectivity index is 2.17. The first kappa shape index (κ1) is 15.1. The summed E-state index contributed by atoms with van der Waals surface area (Å²) in [6, 6.07) is 9.30. The number of ether oxygens (including phenoxy) is 1. The van der Waals surface area contributed by atoms with Gasteiger partial charge in [-0.05, 0) is 30.7 Å². The molecule has 2 aromatic carbocycles. The molecule has 2 nitrogen and oxygen atoms in total. The molecule has 0 unspecified atom stereocenters. The molecule has 2 N–H and O–H groups in total. The molecular formula is C15H14Cl2FNO. The van der Waals surface area contributed by atoms with Crippen LogP contribution in [0.25, 0.3) is 0 Å². The van der Waals surface area contributed by atoms with Gasteiger partial charge in [0, 0.05) is 17.7 Å². The van der Waals surface area contributed by atoms with Gasteiger partial charge in [-0.3, -0.25) is 0 Å². The van der Waals surface area contributed by atoms with E-state index in [1.165, 1.54) is 12.1 Å². The van der Waals surface area contributed by atoms with Crippen molar-refractivity contribution >= 4 is 23.2 Å². The number of halogens is 3. The number of rotatable bonds is 4. The van der Waals surface area contributed by atoms with Crippen LogP contribution in [0.5, 0.6) is 5.75 Å². The lowest BCUT2D eigenvalue weighted by atomic mass is 10.1. The van der Waals surface area contributed by atoms with Gasteiger partial charge in [-0.15, -0.1) is 0 Å². The minimum Gasteiger partial charge on any atom is -0.488 e. The van der Waals surface area contributed by atoms with Gasteiger partial charge in [-0.25, -0.2) is 4.39 Å². The van der Waals surface area contributed by atoms with Crippen molar-refractivity contribution in [1.29, 1.82) is 0 Å². The summed E-state index contributed by atoms with van der Waals surface area (Å²) in [5, 5.41) is 0.942. The van der Waals surface area contributed by atoms with Crippen molar-refractivity contribution < 1.29 is 9.13 Å². The lowest BCUT2D eigenvalue weighted by Gasteiger charge is -2.14. The molecule has 0 bridgehead atoms. The van der Waals surface area contributed by atoms with Gasteiger partial charge in [0.15, 0.2) is 0 Å². The van der Waals surface area contributed by atoms with Crippen molar-refractivity contribution in [2.45, 2.75) is 19.6 Å². The maximum Gasteiger partial charge on any atom is 0.127 e. The predicted molar refractivity (Wildman–Crippen MR) is 79.8 cm³/mol. The van der Waals surface area contributed by atoms with Crippen LogP contribution in [-0.2, 0) is 6.61 Å². The normalized spacial score (nSPS) is 12.2. The quantitative estimate of drug-likeness (QED) is 0.885. The summed E-state index contributed by atoms with van der Waals surface area (Å²) in [5.74, 6) is 0.0737. The first-order valence-electron chi connectivity index (χ1n) is 6.09. The largest absolute Gasteiger partial charge is 0.488 e. The van der Waals surface area contributed by atoms with E-state index in [9.17, 15) is 4.39 Å². The minimum absolute atomic E-state index is 0.237. The van der Waals surface area contributed by atoms with Crippen molar-refractivity contribution in [3.63, 3.8) is 0 Å². The fourth-order valence-corrected chi connectivity index (χ4v) is 2.12. The number of benzene rings is 2. The predicted octanol–water partition coefficient (Wildman–Crippen LogP) is 4.73. The van der Waals surface area contributed by atoms with E-state index in [1.807, 2.05) is 6.92 Å². The molecule has 0 radical (unpaired) electrons. The van der Waals surface area contributed by atoms with Gasteiger partial charge >= 0.3 is 0 Å². The average molecular weight is 314 g/mol. The number of hydrogen-bond donors (Lipinski definition) is 1. The van der Waals surface area contributed by atoms with Crippen LogP contribution in [0.4, 0.5) is 4.39 Å². The molecule has 1 atom stereocenters. The average Bonchev–Trinajstić information content (AvgIpc) is 2.40. The van der Waals surface area contributed by atoms with E-state index < -0.39 is 0 Å². The summed E-state index contributed by atoms with van der Waals surface area (Å²) in [4.78, 5) is 0. The molecule has 0 saturated carbocycles. The molecule has 5 heteroatoms. The molecule has 2 rings (SSSR count). The van der Waals surface area contributed by atoms with Crippen molar-refractivity contribution in [3.05, 3.63) is 63.4 Å². The van der Waals surface area contributed by atoms with Crippen LogP contribution < -0.4 is 10.5 Å². The second-order valence-corrected chi connectivity index (χ2v) is 5.32. The van der Waals surface area contributed by atoms with E-state index in [0.29, 0.717) is 15.8 Å². The van der Waals surface area contributed by atoms with Gasteiger partial charge < -0.3 is 10.5 Å². The van der Waals surface area contributed by atoms with E-state index in [0.717, 1.165) is 11.1 Å². The Morgan fingerprint density at radius 3 is 2.55 bits per heavy atom. The fourth-order valence-electron chi connectivity index (χ4n) is 1.80. The van der Waals surface area contributed by atoms with Crippen LogP contribution in [0, 0.1) is 5.82 Å². The third kappa shape index (κ3) is 3.63. The zero-order valence-electron chi connectivity index (χ0n) is 10.9. The second kappa shape index (κ2) is 6.44. The van der Waals surface area contributed by atoms with Gasteiger partial charge in [-0.1, -0.05) is 35.3 Å². The van der Waals surface area contributed by atoms with Gasteiger partial charge in [0.1, 0.15) is 18.2 Å². The summed E-state index contributed by atoms with van der Waals surface area (Å²) in [7, 11) is 0. The topological polar surface area (TPSA) is 35.2 Å². The molecule has 20 heavy (non-hydrogen) atoms. The molecule has 0 aliphatic rings. The molecule has 0 aliphatic heterocycles. The number of hydrogen-bond acceptors (Lipinski definition) is 2. The highest BCUT2D eigenvalue weighted by Gasteiger charge is 2.10. The summed E-state index contributed by atoms with van der Waals surface area (Å²) < 4.78 is 18.9. The molecule has 0 saturated heterocycles. The van der Waals surface area contributed by atoms with Crippen LogP contribution in [0.3, 0.4) is 0 Å². The lowest BCUT2D eigenvalue weighted by Crippen LogP contribution is -2.08. The summed E-state index contributed by atoms with van der Waals surface area (Å²) in [6.07, 6.45) is 0. The Morgan fingerprint density at radius 1 is 1.15 bits per heavy atom. The SMILES string of the molecule is C[C@H](N)c1ccc(F)cc1OCc1ccc(Cl)c(Cl)c1. The first-order chi connectivity index (χ1) is 9.47. The zero-order chi connectivity index (χ0) is 14.7. The first-order valence-corrected chi connectivity index (χ1v) is 6.84. The molecule has 0 aliphatic carbocycles. The Kier molecular flexibility index (Phi) is 4.86. The Bertz CT molecular complexity index is 617. The molecule has 0 heterocycles. The number of nitrogens with two attached hydrogens (primary N) is 1. The van der Waals surface area contributed by atoms with E-state index in [1.54, 1.807) is 24.3 Å². The van der Waals surface area contributed by atoms with E-state index in [2.05, 4.69) is 0 Å². The standard InChI is InChI=1S/C15H14Cl2FNO/c1-9(19)12-4-3-11(18)7-15(12)20-8-10-2-5-13(16)14(17)6-10/h2-7,9H,8,19H2,1H3/t9-/m0/s1. The molecule has 106 valence electrons. The van der Waals surface area contributed by atoms with E-state index in [4.69, 9.17) is 33.7 Å². The molecular weight excluding hydrogens is 300 g/mol. The lowest BCUT2D eigenvalue weighted by molar-refractivity contribution is 0.300. The fraction of sp³-hybridized carbons (Fsp3) is 0.200. The van der Waals surface area contributed by atoms with Crippen molar-refractivity contribution in [2.75, 3.05) is 0 Å². The minimum atomic E-state index is -0.362. The monoisotopic (exact) mass is 313 g/mol. The van der Waals surface area contributed by atoms with Gasteiger partial charge in [-0.2, -0.15) is 0 Å². The summed E-state index contributed by atoms with van der Waals surface area (Å²) in [6.45, 7) is 2.08. The highest BCUT2D eigenvalue weighted by molar-refractivity contribution is 6.42. The highest BCUT2D eigenvalue weighted by atomic mass is 35.5. The Hall–Kier alpha value is -1.29. The third-order valence-corrected chi connectivity index (χ3v) is 3.58. The molecule has 0 spiro atoms. The van der Waals surface area contributed by atoms with Crippen LogP contribution >= 0.6 is 23.2 Å². The maximum atomic E-state index is 13.3. The van der Waals surface area contributed by atoms with Crippen molar-refractivity contribution in [2.24, 2.45) is 5.73 Å². The van der Waals surface area contributed by atoms with E-state index >= 15 is 0 Å². The molecule has 2 aromatic rings. The molecule has 0 fully saturated rings. The third-order valence-electron chi connectivity index (χ3n) is 2.84. The Morgan fingerprint density at radius 2 is 1.90 bits per heavy atom. The van der Waals surface area contributed by atoms with Gasteiger partial charge in [0.25, 0.3) is 0 Å². The second-order valence-electron chi connectivity index (χ2n) is 4.51. The van der Waals surface area contributed by atoms with Crippen LogP contribution in [0.1, 0.15) is 24.1 Å². The van der Waals surface area contributed by atoms with Crippen LogP contribution in [0.15, 0.2) is 36.4 Å². The van der Waals surface area contributed by atoms with Gasteiger partial charge in [0.2, 0.25) is 0 Å². The van der Waals surface area contributed by atoms with E-state index in [-0.39, 0.29) is 18.5 Å². The zero-order valence-corrected chi connectivity index (χ0v) is 12.4. The summed E-state index contributed by atoms with van der Waals surface area (Å²) >= 11 is 11.8. The molecule has 0 aromatic heterocycles. The maximum absolute atomic E-state index is 13.3. The van der Waals surface area contributed by atoms with Gasteiger partial charge in [0.05, 0.1) is 10.0 Å². The summed E-state index contributed by atoms with van der Waals surface area (Å²) in [5.41, 5.74) is 7.44. The highest BCUT2D eigenvalue weighted by Crippen LogP contribution is 2.27. The molecule has 0 amide bonds. The van der Waals surface area contributed by atoms with Crippen LogP contribution in [0.2, 0.25) is 10.0 Å². The smallest absolute Gasteiger partial charge is 0.127 e.